The van der Waals surface area contributed by atoms with E-state index in [2.05, 4.69) is 10.3 Å². The number of anilines is 1. The maximum absolute atomic E-state index is 12.2. The van der Waals surface area contributed by atoms with Crippen molar-refractivity contribution in [2.45, 2.75) is 60.3 Å². The largest absolute Gasteiger partial charge is 0.424 e. The van der Waals surface area contributed by atoms with E-state index in [1.54, 1.807) is 6.07 Å². The highest BCUT2D eigenvalue weighted by atomic mass is 16.5. The Bertz CT molecular complexity index is 625. The molecule has 0 bridgehead atoms. The second-order valence-corrected chi connectivity index (χ2v) is 7.87. The smallest absolute Gasteiger partial charge is 0.308 e. The minimum Gasteiger partial charge on any atom is -0.424 e. The molecule has 0 fully saturated rings. The zero-order valence-corrected chi connectivity index (χ0v) is 15.6. The van der Waals surface area contributed by atoms with Crippen LogP contribution in [0.2, 0.25) is 0 Å². The van der Waals surface area contributed by atoms with Crippen LogP contribution in [0.3, 0.4) is 0 Å². The molecule has 0 aliphatic heterocycles. The quantitative estimate of drug-likeness (QED) is 0.825. The maximum atomic E-state index is 12.2. The molecule has 1 rings (SSSR count). The molecule has 2 N–H and O–H groups in total. The summed E-state index contributed by atoms with van der Waals surface area (Å²) < 4.78 is 5.36. The number of pyridine rings is 1. The standard InChI is InChI=1S/C18H28N2O4/c1-11(22)24-14-12(8-9-21)10-13(19-15(14)17(2,3)4)20-16(23)18(5,6)7/h10,21H,8-9H2,1-7H3,(H,19,20,23). The number of aromatic nitrogens is 1. The van der Waals surface area contributed by atoms with Crippen LogP contribution in [-0.4, -0.2) is 28.6 Å². The number of esters is 1. The molecule has 1 aromatic heterocycles. The fourth-order valence-electron chi connectivity index (χ4n) is 2.03. The van der Waals surface area contributed by atoms with Crippen LogP contribution in [0.4, 0.5) is 5.82 Å². The summed E-state index contributed by atoms with van der Waals surface area (Å²) >= 11 is 0. The average Bonchev–Trinajstić information content (AvgIpc) is 2.38. The Hall–Kier alpha value is -1.95. The van der Waals surface area contributed by atoms with Gasteiger partial charge in [-0.1, -0.05) is 41.5 Å². The van der Waals surface area contributed by atoms with Gasteiger partial charge in [0.05, 0.1) is 5.69 Å². The molecule has 6 heteroatoms. The molecule has 1 heterocycles. The minimum atomic E-state index is -0.560. The van der Waals surface area contributed by atoms with Crippen molar-refractivity contribution < 1.29 is 19.4 Å². The van der Waals surface area contributed by atoms with Gasteiger partial charge in [0.15, 0.2) is 5.75 Å². The number of carbonyl (C=O) groups excluding carboxylic acids is 2. The second-order valence-electron chi connectivity index (χ2n) is 7.87. The number of nitrogens with one attached hydrogen (secondary N) is 1. The molecule has 0 aliphatic rings. The van der Waals surface area contributed by atoms with Gasteiger partial charge in [0.1, 0.15) is 5.82 Å². The number of ether oxygens (including phenoxy) is 1. The van der Waals surface area contributed by atoms with Gasteiger partial charge in [-0.05, 0) is 12.5 Å². The third kappa shape index (κ3) is 5.30. The Morgan fingerprint density at radius 1 is 1.21 bits per heavy atom. The SMILES string of the molecule is CC(=O)Oc1c(CCO)cc(NC(=O)C(C)(C)C)nc1C(C)(C)C. The van der Waals surface area contributed by atoms with E-state index in [4.69, 9.17) is 4.74 Å². The molecule has 0 radical (unpaired) electrons. The molecule has 0 unspecified atom stereocenters. The van der Waals surface area contributed by atoms with Gasteiger partial charge < -0.3 is 15.2 Å². The van der Waals surface area contributed by atoms with Gasteiger partial charge in [-0.25, -0.2) is 4.98 Å². The molecule has 0 aromatic carbocycles. The Morgan fingerprint density at radius 3 is 2.21 bits per heavy atom. The number of aliphatic hydroxyl groups is 1. The number of hydrogen-bond donors (Lipinski definition) is 2. The van der Waals surface area contributed by atoms with E-state index >= 15 is 0 Å². The van der Waals surface area contributed by atoms with Crippen LogP contribution >= 0.6 is 0 Å². The zero-order valence-electron chi connectivity index (χ0n) is 15.6. The first kappa shape index (κ1) is 20.1. The van der Waals surface area contributed by atoms with Crippen LogP contribution in [0.5, 0.6) is 5.75 Å². The highest BCUT2D eigenvalue weighted by Gasteiger charge is 2.27. The van der Waals surface area contributed by atoms with Crippen LogP contribution in [0.25, 0.3) is 0 Å². The van der Waals surface area contributed by atoms with Crippen molar-refractivity contribution >= 4 is 17.7 Å². The topological polar surface area (TPSA) is 88.5 Å². The van der Waals surface area contributed by atoms with E-state index in [0.717, 1.165) is 0 Å². The summed E-state index contributed by atoms with van der Waals surface area (Å²) in [6.07, 6.45) is 0.298. The summed E-state index contributed by atoms with van der Waals surface area (Å²) in [6.45, 7) is 12.5. The van der Waals surface area contributed by atoms with Crippen LogP contribution in [0, 0.1) is 5.41 Å². The predicted molar refractivity (Wildman–Crippen MR) is 93.1 cm³/mol. The molecule has 0 aliphatic carbocycles. The lowest BCUT2D eigenvalue weighted by atomic mass is 9.89. The lowest BCUT2D eigenvalue weighted by Crippen LogP contribution is -2.29. The molecule has 1 aromatic rings. The lowest BCUT2D eigenvalue weighted by Gasteiger charge is -2.25. The van der Waals surface area contributed by atoms with Gasteiger partial charge in [-0.15, -0.1) is 0 Å². The van der Waals surface area contributed by atoms with Crippen molar-refractivity contribution in [3.05, 3.63) is 17.3 Å². The van der Waals surface area contributed by atoms with E-state index in [1.807, 2.05) is 41.5 Å². The molecule has 0 saturated carbocycles. The van der Waals surface area contributed by atoms with E-state index in [1.165, 1.54) is 6.92 Å². The van der Waals surface area contributed by atoms with Crippen LogP contribution in [0.15, 0.2) is 6.07 Å². The predicted octanol–water partition coefficient (Wildman–Crippen LogP) is 2.82. The normalized spacial score (nSPS) is 12.0. The number of nitrogens with zero attached hydrogens (tertiary/aromatic N) is 1. The number of carbonyl (C=O) groups is 2. The number of hydrogen-bond acceptors (Lipinski definition) is 5. The zero-order chi connectivity index (χ0) is 18.7. The Morgan fingerprint density at radius 2 is 1.79 bits per heavy atom. The number of rotatable bonds is 4. The average molecular weight is 336 g/mol. The highest BCUT2D eigenvalue weighted by Crippen LogP contribution is 2.35. The summed E-state index contributed by atoms with van der Waals surface area (Å²) in [6, 6.07) is 1.65. The van der Waals surface area contributed by atoms with Crippen molar-refractivity contribution in [3.63, 3.8) is 0 Å². The third-order valence-electron chi connectivity index (χ3n) is 3.31. The summed E-state index contributed by atoms with van der Waals surface area (Å²) in [5, 5.41) is 12.1. The van der Waals surface area contributed by atoms with Crippen LogP contribution in [-0.2, 0) is 21.4 Å². The van der Waals surface area contributed by atoms with E-state index in [-0.39, 0.29) is 12.5 Å². The van der Waals surface area contributed by atoms with Crippen molar-refractivity contribution in [2.24, 2.45) is 5.41 Å². The minimum absolute atomic E-state index is 0.103. The number of amides is 1. The maximum Gasteiger partial charge on any atom is 0.308 e. The summed E-state index contributed by atoms with van der Waals surface area (Å²) in [7, 11) is 0. The Balaban J connectivity index is 3.46. The van der Waals surface area contributed by atoms with Crippen molar-refractivity contribution in [2.75, 3.05) is 11.9 Å². The number of aliphatic hydroxyl groups excluding tert-OH is 1. The van der Waals surface area contributed by atoms with Gasteiger partial charge in [0.2, 0.25) is 5.91 Å². The van der Waals surface area contributed by atoms with E-state index < -0.39 is 16.8 Å². The van der Waals surface area contributed by atoms with Crippen molar-refractivity contribution in [1.82, 2.24) is 4.98 Å². The van der Waals surface area contributed by atoms with Gasteiger partial charge in [0, 0.05) is 29.9 Å². The molecule has 24 heavy (non-hydrogen) atoms. The van der Waals surface area contributed by atoms with Gasteiger partial charge >= 0.3 is 5.97 Å². The first-order chi connectivity index (χ1) is 10.9. The molecule has 0 atom stereocenters. The van der Waals surface area contributed by atoms with Crippen LogP contribution in [0.1, 0.15) is 59.7 Å². The summed E-state index contributed by atoms with van der Waals surface area (Å²) in [5.41, 5.74) is 0.233. The van der Waals surface area contributed by atoms with Gasteiger partial charge in [0.25, 0.3) is 0 Å². The molecular weight excluding hydrogens is 308 g/mol. The summed E-state index contributed by atoms with van der Waals surface area (Å²) in [4.78, 5) is 28.2. The molecule has 6 nitrogen and oxygen atoms in total. The highest BCUT2D eigenvalue weighted by molar-refractivity contribution is 5.93. The third-order valence-corrected chi connectivity index (χ3v) is 3.31. The first-order valence-corrected chi connectivity index (χ1v) is 8.01. The summed E-state index contributed by atoms with van der Waals surface area (Å²) in [5.74, 6) is 0.134. The van der Waals surface area contributed by atoms with Gasteiger partial charge in [-0.2, -0.15) is 0 Å². The van der Waals surface area contributed by atoms with E-state index in [0.29, 0.717) is 29.2 Å². The van der Waals surface area contributed by atoms with Crippen molar-refractivity contribution in [1.29, 1.82) is 0 Å². The molecule has 0 spiro atoms. The first-order valence-electron chi connectivity index (χ1n) is 8.01. The van der Waals surface area contributed by atoms with Gasteiger partial charge in [-0.3, -0.25) is 9.59 Å². The second kappa shape index (κ2) is 7.30. The van der Waals surface area contributed by atoms with E-state index in [9.17, 15) is 14.7 Å². The fraction of sp³-hybridized carbons (Fsp3) is 0.611. The van der Waals surface area contributed by atoms with Crippen molar-refractivity contribution in [3.8, 4) is 5.75 Å². The molecular formula is C18H28N2O4. The van der Waals surface area contributed by atoms with Crippen LogP contribution < -0.4 is 10.1 Å². The monoisotopic (exact) mass is 336 g/mol. The molecule has 134 valence electrons. The Labute approximate surface area is 143 Å². The Kier molecular flexibility index (Phi) is 6.11. The fourth-order valence-corrected chi connectivity index (χ4v) is 2.03. The lowest BCUT2D eigenvalue weighted by molar-refractivity contribution is -0.132. The molecule has 1 amide bonds. The molecule has 0 saturated heterocycles.